The largest absolute Gasteiger partial charge is 0.394 e. The molecule has 0 radical (unpaired) electrons. The van der Waals surface area contributed by atoms with E-state index in [0.717, 1.165) is 0 Å². The molecule has 1 heterocycles. The normalized spacial score (nSPS) is 18.2. The predicted molar refractivity (Wildman–Crippen MR) is 63.4 cm³/mol. The number of aliphatic hydroxyl groups excluding tert-OH is 1. The van der Waals surface area contributed by atoms with Crippen molar-refractivity contribution < 1.29 is 14.2 Å². The maximum Gasteiger partial charge on any atom is 0.146 e. The summed E-state index contributed by atoms with van der Waals surface area (Å²) in [6.45, 7) is 2.45. The quantitative estimate of drug-likeness (QED) is 0.814. The maximum atomic E-state index is 13.9. The van der Waals surface area contributed by atoms with Gasteiger partial charge in [-0.05, 0) is 17.7 Å². The molecule has 0 bridgehead atoms. The summed E-state index contributed by atoms with van der Waals surface area (Å²) in [4.78, 5) is 1.95. The third-order valence-corrected chi connectivity index (χ3v) is 2.95. The first-order valence-corrected chi connectivity index (χ1v) is 5.71. The highest BCUT2D eigenvalue weighted by molar-refractivity contribution is 5.49. The van der Waals surface area contributed by atoms with E-state index in [-0.39, 0.29) is 12.4 Å². The van der Waals surface area contributed by atoms with Crippen molar-refractivity contribution in [2.24, 2.45) is 5.73 Å². The summed E-state index contributed by atoms with van der Waals surface area (Å²) in [5.74, 6) is -0.298. The Bertz CT molecular complexity index is 381. The number of benzene rings is 1. The van der Waals surface area contributed by atoms with Crippen LogP contribution in [-0.4, -0.2) is 38.0 Å². The van der Waals surface area contributed by atoms with Gasteiger partial charge in [0.25, 0.3) is 0 Å². The van der Waals surface area contributed by atoms with Gasteiger partial charge in [0, 0.05) is 13.1 Å². The summed E-state index contributed by atoms with van der Waals surface area (Å²) in [6.07, 6.45) is 0. The Kier molecular flexibility index (Phi) is 3.93. The zero-order valence-electron chi connectivity index (χ0n) is 9.60. The molecular formula is C12H17FN2O2. The molecule has 0 aliphatic carbocycles. The van der Waals surface area contributed by atoms with Crippen LogP contribution in [0.3, 0.4) is 0 Å². The monoisotopic (exact) mass is 240 g/mol. The van der Waals surface area contributed by atoms with E-state index in [0.29, 0.717) is 37.6 Å². The molecular weight excluding hydrogens is 223 g/mol. The number of nitrogens with two attached hydrogens (primary N) is 1. The Morgan fingerprint density at radius 2 is 2.12 bits per heavy atom. The van der Waals surface area contributed by atoms with E-state index in [1.165, 1.54) is 6.07 Å². The molecule has 5 heteroatoms. The van der Waals surface area contributed by atoms with Crippen molar-refractivity contribution in [2.75, 3.05) is 37.8 Å². The molecule has 1 fully saturated rings. The average molecular weight is 240 g/mol. The number of rotatable bonds is 3. The van der Waals surface area contributed by atoms with Gasteiger partial charge < -0.3 is 20.5 Å². The van der Waals surface area contributed by atoms with Crippen LogP contribution in [0.4, 0.5) is 10.1 Å². The van der Waals surface area contributed by atoms with Crippen LogP contribution in [-0.2, 0) is 4.74 Å². The van der Waals surface area contributed by atoms with Gasteiger partial charge in [0.2, 0.25) is 0 Å². The SMILES string of the molecule is N[C@@H](CO)c1ccc(N2CCOCC2)c(F)c1. The zero-order valence-corrected chi connectivity index (χ0v) is 9.60. The van der Waals surface area contributed by atoms with Crippen LogP contribution < -0.4 is 10.6 Å². The molecule has 0 amide bonds. The lowest BCUT2D eigenvalue weighted by Crippen LogP contribution is -2.36. The second-order valence-electron chi connectivity index (χ2n) is 4.10. The number of halogens is 1. The third kappa shape index (κ3) is 2.74. The molecule has 1 saturated heterocycles. The lowest BCUT2D eigenvalue weighted by molar-refractivity contribution is 0.122. The molecule has 1 aliphatic heterocycles. The topological polar surface area (TPSA) is 58.7 Å². The van der Waals surface area contributed by atoms with Crippen LogP contribution in [0.2, 0.25) is 0 Å². The molecule has 0 unspecified atom stereocenters. The van der Waals surface area contributed by atoms with Gasteiger partial charge in [-0.3, -0.25) is 0 Å². The van der Waals surface area contributed by atoms with E-state index in [1.807, 2.05) is 4.90 Å². The van der Waals surface area contributed by atoms with Crippen molar-refractivity contribution in [2.45, 2.75) is 6.04 Å². The van der Waals surface area contributed by atoms with Gasteiger partial charge in [-0.1, -0.05) is 6.07 Å². The summed E-state index contributed by atoms with van der Waals surface area (Å²) in [7, 11) is 0. The van der Waals surface area contributed by atoms with Crippen molar-refractivity contribution in [1.29, 1.82) is 0 Å². The van der Waals surface area contributed by atoms with Gasteiger partial charge in [-0.15, -0.1) is 0 Å². The van der Waals surface area contributed by atoms with Crippen molar-refractivity contribution in [3.05, 3.63) is 29.6 Å². The second-order valence-corrected chi connectivity index (χ2v) is 4.10. The second kappa shape index (κ2) is 5.44. The van der Waals surface area contributed by atoms with E-state index in [1.54, 1.807) is 12.1 Å². The van der Waals surface area contributed by atoms with Gasteiger partial charge in [0.05, 0.1) is 31.5 Å². The number of hydrogen-bond acceptors (Lipinski definition) is 4. The molecule has 0 aromatic heterocycles. The molecule has 1 atom stereocenters. The highest BCUT2D eigenvalue weighted by atomic mass is 19.1. The van der Waals surface area contributed by atoms with E-state index >= 15 is 0 Å². The van der Waals surface area contributed by atoms with Gasteiger partial charge in [0.15, 0.2) is 0 Å². The minimum Gasteiger partial charge on any atom is -0.394 e. The van der Waals surface area contributed by atoms with Crippen LogP contribution in [0.15, 0.2) is 18.2 Å². The Balaban J connectivity index is 2.18. The Labute approximate surface area is 99.8 Å². The molecule has 3 N–H and O–H groups in total. The van der Waals surface area contributed by atoms with Crippen molar-refractivity contribution in [1.82, 2.24) is 0 Å². The van der Waals surface area contributed by atoms with E-state index in [9.17, 15) is 4.39 Å². The summed E-state index contributed by atoms with van der Waals surface area (Å²) in [5.41, 5.74) is 6.83. The molecule has 4 nitrogen and oxygen atoms in total. The molecule has 0 spiro atoms. The standard InChI is InChI=1S/C12H17FN2O2/c13-10-7-9(11(14)8-16)1-2-12(10)15-3-5-17-6-4-15/h1-2,7,11,16H,3-6,8,14H2/t11-/m0/s1. The van der Waals surface area contributed by atoms with Gasteiger partial charge in [0.1, 0.15) is 5.82 Å². The molecule has 0 saturated carbocycles. The number of morpholine rings is 1. The van der Waals surface area contributed by atoms with Crippen molar-refractivity contribution in [3.8, 4) is 0 Å². The molecule has 1 aromatic carbocycles. The lowest BCUT2D eigenvalue weighted by Gasteiger charge is -2.29. The number of ether oxygens (including phenoxy) is 1. The minimum atomic E-state index is -0.525. The molecule has 1 aliphatic rings. The molecule has 2 rings (SSSR count). The lowest BCUT2D eigenvalue weighted by atomic mass is 10.1. The molecule has 17 heavy (non-hydrogen) atoms. The third-order valence-electron chi connectivity index (χ3n) is 2.95. The summed E-state index contributed by atoms with van der Waals surface area (Å²) >= 11 is 0. The fourth-order valence-electron chi connectivity index (χ4n) is 1.92. The van der Waals surface area contributed by atoms with Crippen LogP contribution in [0.1, 0.15) is 11.6 Å². The number of nitrogens with zero attached hydrogens (tertiary/aromatic N) is 1. The van der Waals surface area contributed by atoms with Crippen molar-refractivity contribution >= 4 is 5.69 Å². The number of anilines is 1. The van der Waals surface area contributed by atoms with E-state index < -0.39 is 6.04 Å². The van der Waals surface area contributed by atoms with Crippen LogP contribution in [0.25, 0.3) is 0 Å². The zero-order chi connectivity index (χ0) is 12.3. The average Bonchev–Trinajstić information content (AvgIpc) is 2.38. The maximum absolute atomic E-state index is 13.9. The van der Waals surface area contributed by atoms with E-state index in [4.69, 9.17) is 15.6 Å². The fraction of sp³-hybridized carbons (Fsp3) is 0.500. The van der Waals surface area contributed by atoms with Crippen LogP contribution in [0.5, 0.6) is 0 Å². The highest BCUT2D eigenvalue weighted by Gasteiger charge is 2.16. The number of hydrogen-bond donors (Lipinski definition) is 2. The first-order chi connectivity index (χ1) is 8.22. The Morgan fingerprint density at radius 1 is 1.41 bits per heavy atom. The highest BCUT2D eigenvalue weighted by Crippen LogP contribution is 2.23. The summed E-state index contributed by atoms with van der Waals surface area (Å²) in [5, 5.41) is 8.92. The smallest absolute Gasteiger partial charge is 0.146 e. The molecule has 94 valence electrons. The first-order valence-electron chi connectivity index (χ1n) is 5.71. The van der Waals surface area contributed by atoms with E-state index in [2.05, 4.69) is 0 Å². The fourth-order valence-corrected chi connectivity index (χ4v) is 1.92. The minimum absolute atomic E-state index is 0.184. The Hall–Kier alpha value is -1.17. The van der Waals surface area contributed by atoms with Crippen LogP contribution in [0, 0.1) is 5.82 Å². The number of aliphatic hydroxyl groups is 1. The summed E-state index contributed by atoms with van der Waals surface area (Å²) < 4.78 is 19.1. The Morgan fingerprint density at radius 3 is 2.71 bits per heavy atom. The summed E-state index contributed by atoms with van der Waals surface area (Å²) in [6, 6.07) is 4.34. The predicted octanol–water partition coefficient (Wildman–Crippen LogP) is 0.654. The van der Waals surface area contributed by atoms with Crippen molar-refractivity contribution in [3.63, 3.8) is 0 Å². The first kappa shape index (κ1) is 12.3. The van der Waals surface area contributed by atoms with Gasteiger partial charge in [-0.2, -0.15) is 0 Å². The van der Waals surface area contributed by atoms with Gasteiger partial charge >= 0.3 is 0 Å². The van der Waals surface area contributed by atoms with Gasteiger partial charge in [-0.25, -0.2) is 4.39 Å². The van der Waals surface area contributed by atoms with Crippen LogP contribution >= 0.6 is 0 Å². The molecule has 1 aromatic rings.